The first-order valence-electron chi connectivity index (χ1n) is 9.26. The fourth-order valence-corrected chi connectivity index (χ4v) is 3.87. The summed E-state index contributed by atoms with van der Waals surface area (Å²) in [6.07, 6.45) is 0.962. The first-order chi connectivity index (χ1) is 14.4. The van der Waals surface area contributed by atoms with Crippen LogP contribution in [0.2, 0.25) is 0 Å². The first-order valence-corrected chi connectivity index (χ1v) is 11.2. The number of hydrogen-bond acceptors (Lipinski definition) is 4. The van der Waals surface area contributed by atoms with E-state index in [1.807, 2.05) is 24.3 Å². The van der Waals surface area contributed by atoms with Crippen molar-refractivity contribution in [2.75, 3.05) is 10.6 Å². The molecule has 3 N–H and O–H groups in total. The number of nitrogens with one attached hydrogen (secondary N) is 3. The number of carbonyl (C=O) groups excluding carboxylic acids is 1. The van der Waals surface area contributed by atoms with Gasteiger partial charge in [-0.1, -0.05) is 37.3 Å². The van der Waals surface area contributed by atoms with Crippen molar-refractivity contribution in [3.8, 4) is 0 Å². The van der Waals surface area contributed by atoms with Crippen LogP contribution in [0.1, 0.15) is 22.8 Å². The molecule has 6 nitrogen and oxygen atoms in total. The zero-order valence-electron chi connectivity index (χ0n) is 16.3. The van der Waals surface area contributed by atoms with Gasteiger partial charge in [-0.25, -0.2) is 13.1 Å². The molecule has 0 aliphatic rings. The van der Waals surface area contributed by atoms with Crippen molar-refractivity contribution in [2.45, 2.75) is 18.2 Å². The average molecular weight is 440 g/mol. The quantitative estimate of drug-likeness (QED) is 0.500. The molecule has 0 saturated heterocycles. The fourth-order valence-electron chi connectivity index (χ4n) is 2.66. The molecule has 8 heteroatoms. The molecule has 0 aliphatic carbocycles. The maximum Gasteiger partial charge on any atom is 0.264 e. The monoisotopic (exact) mass is 439 g/mol. The molecule has 3 aromatic carbocycles. The number of hydrogen-bond donors (Lipinski definition) is 3. The van der Waals surface area contributed by atoms with E-state index in [0.717, 1.165) is 12.1 Å². The van der Waals surface area contributed by atoms with Crippen LogP contribution < -0.4 is 15.4 Å². The smallest absolute Gasteiger partial charge is 0.264 e. The lowest BCUT2D eigenvalue weighted by molar-refractivity contribution is 0.0981. The summed E-state index contributed by atoms with van der Waals surface area (Å²) in [5, 5.41) is 6.46. The van der Waals surface area contributed by atoms with E-state index in [-0.39, 0.29) is 10.5 Å². The number of thiocarbonyl (C=S) groups is 1. The molecule has 1 amide bonds. The summed E-state index contributed by atoms with van der Waals surface area (Å²) < 4.78 is 27.0. The molecule has 0 spiro atoms. The van der Waals surface area contributed by atoms with Crippen LogP contribution in [0.3, 0.4) is 0 Å². The zero-order chi connectivity index (χ0) is 21.6. The second-order valence-corrected chi connectivity index (χ2v) is 8.55. The summed E-state index contributed by atoms with van der Waals surface area (Å²) in [6, 6.07) is 22.1. The highest BCUT2D eigenvalue weighted by atomic mass is 32.2. The topological polar surface area (TPSA) is 87.3 Å². The highest BCUT2D eigenvalue weighted by Crippen LogP contribution is 2.16. The highest BCUT2D eigenvalue weighted by Gasteiger charge is 2.18. The Morgan fingerprint density at radius 3 is 1.90 bits per heavy atom. The Morgan fingerprint density at radius 2 is 1.37 bits per heavy atom. The van der Waals surface area contributed by atoms with Crippen molar-refractivity contribution in [1.29, 1.82) is 0 Å². The standard InChI is InChI=1S/C22H21N3O3S2/c1-2-16-8-10-18(11-9-16)23-22(29)24-19-12-14-20(15-13-19)30(27,28)25-21(26)17-6-4-3-5-7-17/h3-15H,2H2,1H3,(H,25,26)(H2,23,24,29). The second-order valence-electron chi connectivity index (χ2n) is 6.45. The van der Waals surface area contributed by atoms with Gasteiger partial charge in [0, 0.05) is 16.9 Å². The molecule has 0 fully saturated rings. The van der Waals surface area contributed by atoms with Gasteiger partial charge in [-0.15, -0.1) is 0 Å². The molecule has 0 aliphatic heterocycles. The van der Waals surface area contributed by atoms with Gasteiger partial charge < -0.3 is 10.6 Å². The normalized spacial score (nSPS) is 10.8. The molecule has 0 atom stereocenters. The number of carbonyl (C=O) groups is 1. The van der Waals surface area contributed by atoms with E-state index < -0.39 is 15.9 Å². The van der Waals surface area contributed by atoms with Gasteiger partial charge in [-0.2, -0.15) is 0 Å². The van der Waals surface area contributed by atoms with E-state index in [9.17, 15) is 13.2 Å². The van der Waals surface area contributed by atoms with Gasteiger partial charge in [0.25, 0.3) is 15.9 Å². The van der Waals surface area contributed by atoms with Crippen molar-refractivity contribution < 1.29 is 13.2 Å². The van der Waals surface area contributed by atoms with Gasteiger partial charge in [0.05, 0.1) is 4.90 Å². The Labute approximate surface area is 181 Å². The number of benzene rings is 3. The van der Waals surface area contributed by atoms with Crippen molar-refractivity contribution in [1.82, 2.24) is 4.72 Å². The number of amides is 1. The number of anilines is 2. The third kappa shape index (κ3) is 5.65. The molecular weight excluding hydrogens is 418 g/mol. The first kappa shape index (κ1) is 21.5. The minimum atomic E-state index is -3.98. The van der Waals surface area contributed by atoms with Crippen LogP contribution >= 0.6 is 12.2 Å². The summed E-state index contributed by atoms with van der Waals surface area (Å²) >= 11 is 5.30. The van der Waals surface area contributed by atoms with Gasteiger partial charge in [0.15, 0.2) is 5.11 Å². The molecule has 3 aromatic rings. The van der Waals surface area contributed by atoms with E-state index in [2.05, 4.69) is 22.3 Å². The lowest BCUT2D eigenvalue weighted by atomic mass is 10.1. The molecule has 0 unspecified atom stereocenters. The third-order valence-electron chi connectivity index (χ3n) is 4.31. The van der Waals surface area contributed by atoms with Crippen LogP contribution in [-0.4, -0.2) is 19.4 Å². The lowest BCUT2D eigenvalue weighted by Gasteiger charge is -2.12. The van der Waals surface area contributed by atoms with Crippen molar-refractivity contribution in [2.24, 2.45) is 0 Å². The fraction of sp³-hybridized carbons (Fsp3) is 0.0909. The van der Waals surface area contributed by atoms with E-state index >= 15 is 0 Å². The van der Waals surface area contributed by atoms with E-state index in [0.29, 0.717) is 10.8 Å². The van der Waals surface area contributed by atoms with Crippen LogP contribution in [0.15, 0.2) is 83.8 Å². The SMILES string of the molecule is CCc1ccc(NC(=S)Nc2ccc(S(=O)(=O)NC(=O)c3ccccc3)cc2)cc1. The predicted molar refractivity (Wildman–Crippen MR) is 123 cm³/mol. The minimum Gasteiger partial charge on any atom is -0.332 e. The van der Waals surface area contributed by atoms with Gasteiger partial charge in [0.1, 0.15) is 0 Å². The van der Waals surface area contributed by atoms with Gasteiger partial charge in [0.2, 0.25) is 0 Å². The second kappa shape index (κ2) is 9.51. The Bertz CT molecular complexity index is 1130. The van der Waals surface area contributed by atoms with Gasteiger partial charge in [-0.3, -0.25) is 4.79 Å². The van der Waals surface area contributed by atoms with Gasteiger partial charge >= 0.3 is 0 Å². The van der Waals surface area contributed by atoms with E-state index in [4.69, 9.17) is 12.2 Å². The van der Waals surface area contributed by atoms with E-state index in [1.165, 1.54) is 17.7 Å². The maximum absolute atomic E-state index is 12.5. The molecule has 154 valence electrons. The van der Waals surface area contributed by atoms with Crippen molar-refractivity contribution in [3.63, 3.8) is 0 Å². The Balaban J connectivity index is 1.62. The number of sulfonamides is 1. The zero-order valence-corrected chi connectivity index (χ0v) is 17.9. The average Bonchev–Trinajstić information content (AvgIpc) is 2.75. The molecular formula is C22H21N3O3S2. The molecule has 30 heavy (non-hydrogen) atoms. The summed E-state index contributed by atoms with van der Waals surface area (Å²) in [5.41, 5.74) is 2.97. The molecule has 3 rings (SSSR count). The van der Waals surface area contributed by atoms with Crippen LogP contribution in [0.4, 0.5) is 11.4 Å². The van der Waals surface area contributed by atoms with Crippen molar-refractivity contribution in [3.05, 3.63) is 90.0 Å². The molecule has 0 saturated carbocycles. The lowest BCUT2D eigenvalue weighted by Crippen LogP contribution is -2.30. The summed E-state index contributed by atoms with van der Waals surface area (Å²) in [7, 11) is -3.98. The Morgan fingerprint density at radius 1 is 0.833 bits per heavy atom. The number of rotatable bonds is 6. The summed E-state index contributed by atoms with van der Waals surface area (Å²) in [6.45, 7) is 2.09. The number of aryl methyl sites for hydroxylation is 1. The summed E-state index contributed by atoms with van der Waals surface area (Å²) in [4.78, 5) is 12.1. The largest absolute Gasteiger partial charge is 0.332 e. The summed E-state index contributed by atoms with van der Waals surface area (Å²) in [5.74, 6) is -0.683. The van der Waals surface area contributed by atoms with Crippen LogP contribution in [-0.2, 0) is 16.4 Å². The Hall–Kier alpha value is -3.23. The molecule has 0 aromatic heterocycles. The van der Waals surface area contributed by atoms with E-state index in [1.54, 1.807) is 42.5 Å². The van der Waals surface area contributed by atoms with Crippen LogP contribution in [0.5, 0.6) is 0 Å². The predicted octanol–water partition coefficient (Wildman–Crippen LogP) is 4.18. The van der Waals surface area contributed by atoms with Crippen molar-refractivity contribution >= 4 is 44.6 Å². The minimum absolute atomic E-state index is 0.0219. The molecule has 0 heterocycles. The van der Waals surface area contributed by atoms with Crippen LogP contribution in [0, 0.1) is 0 Å². The molecule has 0 bridgehead atoms. The Kier molecular flexibility index (Phi) is 6.81. The third-order valence-corrected chi connectivity index (χ3v) is 5.86. The maximum atomic E-state index is 12.5. The van der Waals surface area contributed by atoms with Gasteiger partial charge in [-0.05, 0) is 72.7 Å². The molecule has 0 radical (unpaired) electrons. The van der Waals surface area contributed by atoms with Crippen LogP contribution in [0.25, 0.3) is 0 Å². The highest BCUT2D eigenvalue weighted by molar-refractivity contribution is 7.90.